The molecule has 0 fully saturated rings. The lowest BCUT2D eigenvalue weighted by Gasteiger charge is -2.03. The van der Waals surface area contributed by atoms with E-state index < -0.39 is 11.2 Å². The molecule has 1 atom stereocenters. The number of aromatic nitrogens is 1. The van der Waals surface area contributed by atoms with Crippen molar-refractivity contribution in [3.05, 3.63) is 30.1 Å². The monoisotopic (exact) mass is 168 g/mol. The molecule has 0 saturated carbocycles. The molecule has 1 heterocycles. The topological polar surface area (TPSA) is 56.0 Å². The van der Waals surface area contributed by atoms with E-state index in [0.29, 0.717) is 5.69 Å². The maximum absolute atomic E-state index is 10.6. The predicted molar refractivity (Wildman–Crippen MR) is 45.2 cm³/mol. The number of hydrogen-bond donors (Lipinski definition) is 2. The molecule has 1 unspecified atom stereocenters. The largest absolute Gasteiger partial charge is 0.368 e. The number of rotatable bonds is 2. The Bertz CT molecular complexity index is 250. The van der Waals surface area contributed by atoms with Crippen LogP contribution in [0, 0.1) is 0 Å². The molecule has 2 N–H and O–H groups in total. The Hall–Kier alpha value is -1.03. The number of thiol groups is 1. The number of nitrogens with zero attached hydrogens (tertiary/aromatic N) is 1. The molecule has 3 nitrogen and oxygen atoms in total. The van der Waals surface area contributed by atoms with E-state index in [9.17, 15) is 4.79 Å². The third-order valence-electron chi connectivity index (χ3n) is 1.24. The summed E-state index contributed by atoms with van der Waals surface area (Å²) in [5.74, 6) is -0.480. The van der Waals surface area contributed by atoms with Gasteiger partial charge in [0, 0.05) is 6.20 Å². The Morgan fingerprint density at radius 1 is 1.64 bits per heavy atom. The van der Waals surface area contributed by atoms with Crippen molar-refractivity contribution in [1.29, 1.82) is 0 Å². The van der Waals surface area contributed by atoms with Crippen molar-refractivity contribution in [3.8, 4) is 0 Å². The fraction of sp³-hybridized carbons (Fsp3) is 0.143. The predicted octanol–water partition coefficient (Wildman–Crippen LogP) is 0.538. The van der Waals surface area contributed by atoms with Crippen molar-refractivity contribution in [1.82, 2.24) is 4.98 Å². The average Bonchev–Trinajstić information content (AvgIpc) is 2.05. The molecule has 1 amide bonds. The number of carbonyl (C=O) groups excluding carboxylic acids is 1. The van der Waals surface area contributed by atoms with Crippen molar-refractivity contribution < 1.29 is 4.79 Å². The molecule has 0 aliphatic carbocycles. The van der Waals surface area contributed by atoms with E-state index in [-0.39, 0.29) is 0 Å². The highest BCUT2D eigenvalue weighted by Crippen LogP contribution is 2.15. The van der Waals surface area contributed by atoms with Crippen LogP contribution in [0.3, 0.4) is 0 Å². The van der Waals surface area contributed by atoms with Crippen molar-refractivity contribution >= 4 is 18.5 Å². The summed E-state index contributed by atoms with van der Waals surface area (Å²) in [4.78, 5) is 14.5. The van der Waals surface area contributed by atoms with Gasteiger partial charge < -0.3 is 5.73 Å². The van der Waals surface area contributed by atoms with Gasteiger partial charge in [0.15, 0.2) is 0 Å². The highest BCUT2D eigenvalue weighted by Gasteiger charge is 2.12. The summed E-state index contributed by atoms with van der Waals surface area (Å²) < 4.78 is 0. The summed E-state index contributed by atoms with van der Waals surface area (Å²) >= 11 is 3.98. The Morgan fingerprint density at radius 3 is 2.82 bits per heavy atom. The van der Waals surface area contributed by atoms with Crippen LogP contribution in [0.1, 0.15) is 10.9 Å². The third-order valence-corrected chi connectivity index (χ3v) is 1.76. The zero-order valence-corrected chi connectivity index (χ0v) is 6.66. The van der Waals surface area contributed by atoms with Crippen LogP contribution < -0.4 is 5.73 Å². The van der Waals surface area contributed by atoms with Gasteiger partial charge in [-0.3, -0.25) is 9.78 Å². The molecule has 1 aromatic rings. The minimum atomic E-state index is -0.601. The Labute approximate surface area is 70.0 Å². The molecule has 1 rings (SSSR count). The standard InChI is InChI=1S/C7H8N2OS/c8-7(10)6(11)5-3-1-2-4-9-5/h1-4,6,11H,(H2,8,10). The average molecular weight is 168 g/mol. The molecule has 0 aromatic carbocycles. The molecule has 0 saturated heterocycles. The van der Waals surface area contributed by atoms with Crippen LogP contribution in [0.15, 0.2) is 24.4 Å². The first-order chi connectivity index (χ1) is 5.22. The number of amides is 1. The summed E-state index contributed by atoms with van der Waals surface area (Å²) in [6, 6.07) is 5.27. The lowest BCUT2D eigenvalue weighted by Crippen LogP contribution is -2.17. The number of pyridine rings is 1. The summed E-state index contributed by atoms with van der Waals surface area (Å²) in [7, 11) is 0. The van der Waals surface area contributed by atoms with Gasteiger partial charge in [0.25, 0.3) is 0 Å². The summed E-state index contributed by atoms with van der Waals surface area (Å²) in [5, 5.41) is -0.601. The quantitative estimate of drug-likeness (QED) is 0.633. The Balaban J connectivity index is 2.85. The van der Waals surface area contributed by atoms with Gasteiger partial charge >= 0.3 is 0 Å². The molecule has 4 heteroatoms. The number of carbonyl (C=O) groups is 1. The lowest BCUT2D eigenvalue weighted by atomic mass is 10.2. The van der Waals surface area contributed by atoms with E-state index in [1.807, 2.05) is 0 Å². The summed E-state index contributed by atoms with van der Waals surface area (Å²) in [6.45, 7) is 0. The van der Waals surface area contributed by atoms with Gasteiger partial charge in [-0.25, -0.2) is 0 Å². The van der Waals surface area contributed by atoms with Crippen LogP contribution in [0.5, 0.6) is 0 Å². The first-order valence-corrected chi connectivity index (χ1v) is 3.62. The molecule has 0 spiro atoms. The molecule has 0 aliphatic heterocycles. The minimum absolute atomic E-state index is 0.480. The lowest BCUT2D eigenvalue weighted by molar-refractivity contribution is -0.117. The van der Waals surface area contributed by atoms with E-state index >= 15 is 0 Å². The molecule has 1 aromatic heterocycles. The zero-order valence-electron chi connectivity index (χ0n) is 5.77. The Morgan fingerprint density at radius 2 is 2.36 bits per heavy atom. The van der Waals surface area contributed by atoms with E-state index in [1.54, 1.807) is 24.4 Å². The SMILES string of the molecule is NC(=O)C(S)c1ccccn1. The van der Waals surface area contributed by atoms with Gasteiger partial charge in [0.2, 0.25) is 5.91 Å². The van der Waals surface area contributed by atoms with Crippen LogP contribution >= 0.6 is 12.6 Å². The van der Waals surface area contributed by atoms with Crippen molar-refractivity contribution in [2.45, 2.75) is 5.25 Å². The molecule has 11 heavy (non-hydrogen) atoms. The molecule has 0 aliphatic rings. The van der Waals surface area contributed by atoms with Crippen molar-refractivity contribution in [2.75, 3.05) is 0 Å². The maximum Gasteiger partial charge on any atom is 0.236 e. The van der Waals surface area contributed by atoms with E-state index in [1.165, 1.54) is 0 Å². The highest BCUT2D eigenvalue weighted by molar-refractivity contribution is 7.81. The van der Waals surface area contributed by atoms with Gasteiger partial charge in [-0.1, -0.05) is 6.07 Å². The number of primary amides is 1. The van der Waals surface area contributed by atoms with Gasteiger partial charge in [0.05, 0.1) is 5.69 Å². The zero-order chi connectivity index (χ0) is 8.27. The van der Waals surface area contributed by atoms with Gasteiger partial charge in [-0.05, 0) is 12.1 Å². The second kappa shape index (κ2) is 3.39. The third kappa shape index (κ3) is 1.94. The maximum atomic E-state index is 10.6. The van der Waals surface area contributed by atoms with Crippen LogP contribution in [-0.4, -0.2) is 10.9 Å². The summed E-state index contributed by atoms with van der Waals surface area (Å²) in [6.07, 6.45) is 1.60. The number of hydrogen-bond acceptors (Lipinski definition) is 3. The summed E-state index contributed by atoms with van der Waals surface area (Å²) in [5.41, 5.74) is 5.60. The van der Waals surface area contributed by atoms with E-state index in [0.717, 1.165) is 0 Å². The fourth-order valence-corrected chi connectivity index (χ4v) is 0.836. The van der Waals surface area contributed by atoms with Crippen LogP contribution in [0.25, 0.3) is 0 Å². The molecule has 58 valence electrons. The second-order valence-electron chi connectivity index (χ2n) is 2.06. The van der Waals surface area contributed by atoms with E-state index in [2.05, 4.69) is 17.6 Å². The van der Waals surface area contributed by atoms with Crippen LogP contribution in [0.4, 0.5) is 0 Å². The number of nitrogens with two attached hydrogens (primary N) is 1. The minimum Gasteiger partial charge on any atom is -0.368 e. The smallest absolute Gasteiger partial charge is 0.236 e. The van der Waals surface area contributed by atoms with Crippen LogP contribution in [-0.2, 0) is 4.79 Å². The molecular formula is C7H8N2OS. The molecule has 0 radical (unpaired) electrons. The van der Waals surface area contributed by atoms with Crippen LogP contribution in [0.2, 0.25) is 0 Å². The van der Waals surface area contributed by atoms with E-state index in [4.69, 9.17) is 5.73 Å². The van der Waals surface area contributed by atoms with Gasteiger partial charge in [-0.2, -0.15) is 12.6 Å². The van der Waals surface area contributed by atoms with Gasteiger partial charge in [-0.15, -0.1) is 0 Å². The first kappa shape index (κ1) is 8.07. The van der Waals surface area contributed by atoms with Crippen molar-refractivity contribution in [2.24, 2.45) is 5.73 Å². The second-order valence-corrected chi connectivity index (χ2v) is 2.58. The first-order valence-electron chi connectivity index (χ1n) is 3.10. The van der Waals surface area contributed by atoms with Crippen molar-refractivity contribution in [3.63, 3.8) is 0 Å². The highest BCUT2D eigenvalue weighted by atomic mass is 32.1. The molecule has 0 bridgehead atoms. The normalized spacial score (nSPS) is 12.5. The molecular weight excluding hydrogens is 160 g/mol. The Kier molecular flexibility index (Phi) is 2.48. The fourth-order valence-electron chi connectivity index (χ4n) is 0.683. The van der Waals surface area contributed by atoms with Gasteiger partial charge in [0.1, 0.15) is 5.25 Å².